The molecular formula is C26H40O8. The van der Waals surface area contributed by atoms with E-state index in [9.17, 15) is 15.0 Å². The number of rotatable bonds is 8. The summed E-state index contributed by atoms with van der Waals surface area (Å²) in [5, 5.41) is 21.5. The van der Waals surface area contributed by atoms with Gasteiger partial charge in [-0.25, -0.2) is 0 Å². The summed E-state index contributed by atoms with van der Waals surface area (Å²) in [7, 11) is 0. The summed E-state index contributed by atoms with van der Waals surface area (Å²) in [5.74, 6) is 0.545. The predicted molar refractivity (Wildman–Crippen MR) is 122 cm³/mol. The molecule has 192 valence electrons. The van der Waals surface area contributed by atoms with Crippen LogP contribution in [0.5, 0.6) is 0 Å². The Hall–Kier alpha value is -0.870. The highest BCUT2D eigenvalue weighted by atomic mass is 16.6. The zero-order valence-electron chi connectivity index (χ0n) is 20.0. The predicted octanol–water partition coefficient (Wildman–Crippen LogP) is 2.08. The van der Waals surface area contributed by atoms with Crippen molar-refractivity contribution in [2.75, 3.05) is 19.8 Å². The third-order valence-corrected chi connectivity index (χ3v) is 8.14. The summed E-state index contributed by atoms with van der Waals surface area (Å²) in [6.45, 7) is 6.05. The van der Waals surface area contributed by atoms with Crippen molar-refractivity contribution in [3.63, 3.8) is 0 Å². The molecular weight excluding hydrogens is 440 g/mol. The molecule has 5 saturated heterocycles. The Bertz CT molecular complexity index is 722. The van der Waals surface area contributed by atoms with Crippen LogP contribution in [0.4, 0.5) is 0 Å². The van der Waals surface area contributed by atoms with Crippen LogP contribution < -0.4 is 0 Å². The van der Waals surface area contributed by atoms with Gasteiger partial charge in [-0.15, -0.1) is 0 Å². The number of carbonyl (C=O) groups is 1. The molecule has 0 aromatic carbocycles. The molecule has 5 aliphatic rings. The number of ketones is 1. The molecule has 5 aliphatic heterocycles. The van der Waals surface area contributed by atoms with Gasteiger partial charge in [0.15, 0.2) is 0 Å². The number of aliphatic hydroxyl groups excluding tert-OH is 2. The largest absolute Gasteiger partial charge is 0.390 e. The fourth-order valence-corrected chi connectivity index (χ4v) is 6.32. The maximum Gasteiger partial charge on any atom is 0.135 e. The van der Waals surface area contributed by atoms with E-state index in [4.69, 9.17) is 23.7 Å². The summed E-state index contributed by atoms with van der Waals surface area (Å²) in [6.07, 6.45) is 4.17. The van der Waals surface area contributed by atoms with Crippen molar-refractivity contribution in [1.29, 1.82) is 0 Å². The molecule has 5 rings (SSSR count). The van der Waals surface area contributed by atoms with Gasteiger partial charge in [0.1, 0.15) is 18.0 Å². The van der Waals surface area contributed by atoms with E-state index in [-0.39, 0.29) is 36.3 Å². The number of hydrogen-bond acceptors (Lipinski definition) is 8. The van der Waals surface area contributed by atoms with Crippen LogP contribution in [0.1, 0.15) is 64.2 Å². The monoisotopic (exact) mass is 480 g/mol. The minimum Gasteiger partial charge on any atom is -0.390 e. The number of fused-ring (bicyclic) bond motifs is 1. The van der Waals surface area contributed by atoms with Gasteiger partial charge in [-0.3, -0.25) is 4.79 Å². The van der Waals surface area contributed by atoms with Crippen molar-refractivity contribution in [2.24, 2.45) is 5.92 Å². The normalized spacial score (nSPS) is 44.9. The van der Waals surface area contributed by atoms with Gasteiger partial charge in [0.05, 0.1) is 49.3 Å². The van der Waals surface area contributed by atoms with Gasteiger partial charge in [-0.2, -0.15) is 0 Å². The molecule has 0 amide bonds. The first kappa shape index (κ1) is 24.8. The Morgan fingerprint density at radius 1 is 0.882 bits per heavy atom. The van der Waals surface area contributed by atoms with Crippen LogP contribution in [-0.4, -0.2) is 90.8 Å². The van der Waals surface area contributed by atoms with Crippen molar-refractivity contribution < 1.29 is 38.7 Å². The van der Waals surface area contributed by atoms with Crippen molar-refractivity contribution in [3.05, 3.63) is 12.2 Å². The maximum absolute atomic E-state index is 12.5. The van der Waals surface area contributed by atoms with Crippen LogP contribution >= 0.6 is 0 Å². The molecule has 0 radical (unpaired) electrons. The molecule has 0 bridgehead atoms. The smallest absolute Gasteiger partial charge is 0.135 e. The topological polar surface area (TPSA) is 104 Å². The minimum atomic E-state index is -0.697. The van der Waals surface area contributed by atoms with Crippen molar-refractivity contribution >= 4 is 5.78 Å². The number of hydrogen-bond donors (Lipinski definition) is 2. The highest BCUT2D eigenvalue weighted by molar-refractivity contribution is 5.79. The Morgan fingerprint density at radius 2 is 1.65 bits per heavy atom. The minimum absolute atomic E-state index is 0.0285. The number of Topliss-reactive ketones (excluding diaryl/α,β-unsaturated/α-hetero) is 1. The summed E-state index contributed by atoms with van der Waals surface area (Å²) in [5.41, 5.74) is 1.14. The Labute approximate surface area is 201 Å². The standard InChI is InChI=1S/C26H40O8/c1-15-8-18(31-13-15)2-3-20-11-21(28)26(33-20)24-12-22(29)25-23(34-24)5-4-19(32-25)10-17(27)9-16-6-7-30-14-16/h16,18-26,28-29H,1-14H2/t16?,18-,19?,20+,21?,22?,23?,24?,25+,26?/m0/s1. The first-order chi connectivity index (χ1) is 16.4. The van der Waals surface area contributed by atoms with Crippen molar-refractivity contribution in [2.45, 2.75) is 119 Å². The molecule has 10 atom stereocenters. The molecule has 0 spiro atoms. The van der Waals surface area contributed by atoms with Gasteiger partial charge in [-0.1, -0.05) is 6.58 Å². The first-order valence-electron chi connectivity index (χ1n) is 13.1. The quantitative estimate of drug-likeness (QED) is 0.509. The molecule has 8 heteroatoms. The van der Waals surface area contributed by atoms with Crippen LogP contribution in [0.2, 0.25) is 0 Å². The molecule has 5 heterocycles. The number of ether oxygens (including phenoxy) is 5. The molecule has 0 aromatic rings. The Morgan fingerprint density at radius 3 is 2.41 bits per heavy atom. The van der Waals surface area contributed by atoms with Crippen molar-refractivity contribution in [3.8, 4) is 0 Å². The lowest BCUT2D eigenvalue weighted by atomic mass is 9.87. The van der Waals surface area contributed by atoms with Crippen LogP contribution in [0.15, 0.2) is 12.2 Å². The fraction of sp³-hybridized carbons (Fsp3) is 0.885. The summed E-state index contributed by atoms with van der Waals surface area (Å²) < 4.78 is 29.8. The second-order valence-electron chi connectivity index (χ2n) is 11.0. The van der Waals surface area contributed by atoms with E-state index in [0.29, 0.717) is 44.8 Å². The molecule has 2 N–H and O–H groups in total. The zero-order valence-corrected chi connectivity index (χ0v) is 20.0. The van der Waals surface area contributed by atoms with Gasteiger partial charge >= 0.3 is 0 Å². The molecule has 8 nitrogen and oxygen atoms in total. The SMILES string of the molecule is C=C1CO[C@@H](CC[C@@H]2CC(O)C(C3CC(O)[C@H]4OC(CC(=O)CC5CCOC5)CCC4O3)O2)C1. The second-order valence-corrected chi connectivity index (χ2v) is 11.0. The first-order valence-corrected chi connectivity index (χ1v) is 13.1. The molecule has 34 heavy (non-hydrogen) atoms. The summed E-state index contributed by atoms with van der Waals surface area (Å²) in [4.78, 5) is 12.5. The van der Waals surface area contributed by atoms with Gasteiger partial charge in [0.2, 0.25) is 0 Å². The van der Waals surface area contributed by atoms with E-state index in [1.165, 1.54) is 0 Å². The van der Waals surface area contributed by atoms with Gasteiger partial charge in [0.25, 0.3) is 0 Å². The van der Waals surface area contributed by atoms with E-state index in [2.05, 4.69) is 6.58 Å². The fourth-order valence-electron chi connectivity index (χ4n) is 6.32. The van der Waals surface area contributed by atoms with Gasteiger partial charge in [-0.05, 0) is 50.0 Å². The third kappa shape index (κ3) is 5.91. The molecule has 5 fully saturated rings. The highest BCUT2D eigenvalue weighted by Crippen LogP contribution is 2.38. The summed E-state index contributed by atoms with van der Waals surface area (Å²) >= 11 is 0. The lowest BCUT2D eigenvalue weighted by Gasteiger charge is -2.46. The van der Waals surface area contributed by atoms with Crippen LogP contribution in [0.3, 0.4) is 0 Å². The molecule has 0 aromatic heterocycles. The maximum atomic E-state index is 12.5. The van der Waals surface area contributed by atoms with E-state index >= 15 is 0 Å². The molecule has 0 aliphatic carbocycles. The zero-order chi connectivity index (χ0) is 23.7. The second kappa shape index (κ2) is 11.0. The lowest BCUT2D eigenvalue weighted by molar-refractivity contribution is -0.247. The Kier molecular flexibility index (Phi) is 8.05. The third-order valence-electron chi connectivity index (χ3n) is 8.14. The van der Waals surface area contributed by atoms with Gasteiger partial charge in [0, 0.05) is 38.9 Å². The molecule has 7 unspecified atom stereocenters. The average molecular weight is 481 g/mol. The molecule has 0 saturated carbocycles. The number of carbonyl (C=O) groups excluding carboxylic acids is 1. The van der Waals surface area contributed by atoms with E-state index < -0.39 is 24.4 Å². The number of aliphatic hydroxyl groups is 2. The lowest BCUT2D eigenvalue weighted by Crippen LogP contribution is -2.57. The van der Waals surface area contributed by atoms with E-state index in [0.717, 1.165) is 50.7 Å². The van der Waals surface area contributed by atoms with Gasteiger partial charge < -0.3 is 33.9 Å². The van der Waals surface area contributed by atoms with Crippen LogP contribution in [0, 0.1) is 5.92 Å². The highest BCUT2D eigenvalue weighted by Gasteiger charge is 2.49. The van der Waals surface area contributed by atoms with E-state index in [1.807, 2.05) is 0 Å². The van der Waals surface area contributed by atoms with Crippen molar-refractivity contribution in [1.82, 2.24) is 0 Å². The Balaban J connectivity index is 1.08. The van der Waals surface area contributed by atoms with E-state index in [1.54, 1.807) is 0 Å². The van der Waals surface area contributed by atoms with Crippen LogP contribution in [-0.2, 0) is 28.5 Å². The van der Waals surface area contributed by atoms with Crippen LogP contribution in [0.25, 0.3) is 0 Å². The summed E-state index contributed by atoms with van der Waals surface area (Å²) in [6, 6.07) is 0. The average Bonchev–Trinajstić information content (AvgIpc) is 3.54.